The van der Waals surface area contributed by atoms with Crippen LogP contribution in [0.2, 0.25) is 0 Å². The fraction of sp³-hybridized carbons (Fsp3) is 0.500. The lowest BCUT2D eigenvalue weighted by Crippen LogP contribution is -2.47. The van der Waals surface area contributed by atoms with Crippen LogP contribution in [0.4, 0.5) is 14.6 Å². The highest BCUT2D eigenvalue weighted by Crippen LogP contribution is 2.40. The SMILES string of the molecule is O=C(O)c1cn(C2CC2F)c2nc(N3CC4NCCOC4C3)c(F)cc2c1=O. The molecule has 4 unspecified atom stereocenters. The smallest absolute Gasteiger partial charge is 0.341 e. The zero-order chi connectivity index (χ0) is 19.6. The molecule has 148 valence electrons. The zero-order valence-electron chi connectivity index (χ0n) is 14.8. The molecule has 0 aromatic carbocycles. The first kappa shape index (κ1) is 17.5. The molecule has 0 spiro atoms. The van der Waals surface area contributed by atoms with Gasteiger partial charge in [-0.15, -0.1) is 0 Å². The number of morpholine rings is 1. The van der Waals surface area contributed by atoms with E-state index in [0.717, 1.165) is 18.8 Å². The molecular formula is C18H18F2N4O4. The topological polar surface area (TPSA) is 96.7 Å². The number of carboxylic acids is 1. The second-order valence-electron chi connectivity index (χ2n) is 7.44. The Morgan fingerprint density at radius 1 is 1.39 bits per heavy atom. The van der Waals surface area contributed by atoms with Gasteiger partial charge >= 0.3 is 5.97 Å². The molecular weight excluding hydrogens is 374 g/mol. The van der Waals surface area contributed by atoms with E-state index in [2.05, 4.69) is 10.3 Å². The Hall–Kier alpha value is -2.59. The van der Waals surface area contributed by atoms with E-state index in [9.17, 15) is 23.5 Å². The first-order chi connectivity index (χ1) is 13.4. The van der Waals surface area contributed by atoms with Crippen molar-refractivity contribution in [3.8, 4) is 0 Å². The first-order valence-corrected chi connectivity index (χ1v) is 9.16. The number of hydrogen-bond acceptors (Lipinski definition) is 6. The van der Waals surface area contributed by atoms with E-state index in [0.29, 0.717) is 19.7 Å². The largest absolute Gasteiger partial charge is 0.477 e. The van der Waals surface area contributed by atoms with Crippen LogP contribution < -0.4 is 15.6 Å². The van der Waals surface area contributed by atoms with Gasteiger partial charge in [-0.1, -0.05) is 0 Å². The molecule has 2 aromatic heterocycles. The van der Waals surface area contributed by atoms with Crippen LogP contribution in [0.15, 0.2) is 17.1 Å². The first-order valence-electron chi connectivity index (χ1n) is 9.16. The number of aromatic carboxylic acids is 1. The lowest BCUT2D eigenvalue weighted by molar-refractivity contribution is 0.0212. The molecule has 3 aliphatic rings. The Bertz CT molecular complexity index is 1030. The summed E-state index contributed by atoms with van der Waals surface area (Å²) in [7, 11) is 0. The highest BCUT2D eigenvalue weighted by molar-refractivity contribution is 5.92. The van der Waals surface area contributed by atoms with Gasteiger partial charge in [0.2, 0.25) is 5.43 Å². The number of anilines is 1. The molecule has 2 N–H and O–H groups in total. The van der Waals surface area contributed by atoms with Gasteiger partial charge in [-0.05, 0) is 6.07 Å². The van der Waals surface area contributed by atoms with Crippen molar-refractivity contribution in [2.24, 2.45) is 0 Å². The number of nitrogens with zero attached hydrogens (tertiary/aromatic N) is 3. The van der Waals surface area contributed by atoms with Crippen molar-refractivity contribution < 1.29 is 23.4 Å². The van der Waals surface area contributed by atoms with Gasteiger partial charge in [0, 0.05) is 32.3 Å². The van der Waals surface area contributed by atoms with Gasteiger partial charge in [0.15, 0.2) is 11.6 Å². The molecule has 2 aliphatic heterocycles. The molecule has 1 aliphatic carbocycles. The van der Waals surface area contributed by atoms with Gasteiger partial charge in [-0.25, -0.2) is 18.6 Å². The average molecular weight is 392 g/mol. The molecule has 2 aromatic rings. The molecule has 8 nitrogen and oxygen atoms in total. The van der Waals surface area contributed by atoms with Gasteiger partial charge in [-0.2, -0.15) is 0 Å². The van der Waals surface area contributed by atoms with Crippen LogP contribution >= 0.6 is 0 Å². The molecule has 28 heavy (non-hydrogen) atoms. The van der Waals surface area contributed by atoms with E-state index in [1.165, 1.54) is 4.57 Å². The number of aromatic nitrogens is 2. The maximum absolute atomic E-state index is 14.9. The average Bonchev–Trinajstić information content (AvgIpc) is 3.23. The second-order valence-corrected chi connectivity index (χ2v) is 7.44. The molecule has 1 saturated carbocycles. The van der Waals surface area contributed by atoms with Gasteiger partial charge in [0.05, 0.1) is 30.2 Å². The van der Waals surface area contributed by atoms with Crippen molar-refractivity contribution in [2.75, 3.05) is 31.1 Å². The molecule has 2 saturated heterocycles. The molecule has 0 radical (unpaired) electrons. The summed E-state index contributed by atoms with van der Waals surface area (Å²) in [6, 6.07) is 0.466. The summed E-state index contributed by atoms with van der Waals surface area (Å²) in [6.45, 7) is 2.24. The summed E-state index contributed by atoms with van der Waals surface area (Å²) < 4.78 is 35.6. The third kappa shape index (κ3) is 2.67. The number of alkyl halides is 1. The van der Waals surface area contributed by atoms with E-state index in [-0.39, 0.29) is 35.4 Å². The quantitative estimate of drug-likeness (QED) is 0.794. The minimum Gasteiger partial charge on any atom is -0.477 e. The standard InChI is InChI=1S/C18H18F2N4O4/c19-10-4-13(10)24-5-9(18(26)27)15(25)8-3-11(20)17(22-16(8)24)23-6-12-14(7-23)28-2-1-21-12/h3,5,10,12-14,21H,1-2,4,6-7H2,(H,26,27). The van der Waals surface area contributed by atoms with Crippen molar-refractivity contribution in [1.82, 2.24) is 14.9 Å². The minimum absolute atomic E-state index is 0.0552. The number of halogens is 2. The highest BCUT2D eigenvalue weighted by Gasteiger charge is 2.41. The van der Waals surface area contributed by atoms with Crippen molar-refractivity contribution in [3.63, 3.8) is 0 Å². The normalized spacial score (nSPS) is 29.1. The van der Waals surface area contributed by atoms with Crippen molar-refractivity contribution in [3.05, 3.63) is 33.9 Å². The molecule has 5 rings (SSSR count). The van der Waals surface area contributed by atoms with Crippen molar-refractivity contribution in [2.45, 2.75) is 30.8 Å². The monoisotopic (exact) mass is 392 g/mol. The summed E-state index contributed by atoms with van der Waals surface area (Å²) >= 11 is 0. The highest BCUT2D eigenvalue weighted by atomic mass is 19.1. The molecule has 10 heteroatoms. The predicted molar refractivity (Wildman–Crippen MR) is 95.2 cm³/mol. The Morgan fingerprint density at radius 3 is 2.86 bits per heavy atom. The van der Waals surface area contributed by atoms with Gasteiger partial charge in [-0.3, -0.25) is 4.79 Å². The summed E-state index contributed by atoms with van der Waals surface area (Å²) in [5, 5.41) is 12.4. The van der Waals surface area contributed by atoms with Crippen LogP contribution in [0.5, 0.6) is 0 Å². The fourth-order valence-corrected chi connectivity index (χ4v) is 4.07. The maximum atomic E-state index is 14.9. The van der Waals surface area contributed by atoms with Gasteiger partial charge in [0.25, 0.3) is 0 Å². The van der Waals surface area contributed by atoms with E-state index in [4.69, 9.17) is 4.74 Å². The number of rotatable bonds is 3. The van der Waals surface area contributed by atoms with Gasteiger partial charge < -0.3 is 24.6 Å². The van der Waals surface area contributed by atoms with Crippen LogP contribution in [0.25, 0.3) is 11.0 Å². The number of nitrogens with one attached hydrogen (secondary N) is 1. The number of hydrogen-bond donors (Lipinski definition) is 2. The molecule has 4 atom stereocenters. The van der Waals surface area contributed by atoms with E-state index in [1.54, 1.807) is 4.90 Å². The summed E-state index contributed by atoms with van der Waals surface area (Å²) in [5.74, 6) is -2.10. The molecule has 4 heterocycles. The van der Waals surface area contributed by atoms with Crippen LogP contribution in [-0.2, 0) is 4.74 Å². The van der Waals surface area contributed by atoms with Crippen molar-refractivity contribution in [1.29, 1.82) is 0 Å². The number of pyridine rings is 2. The lowest BCUT2D eigenvalue weighted by Gasteiger charge is -2.25. The molecule has 0 amide bonds. The van der Waals surface area contributed by atoms with Crippen LogP contribution in [0, 0.1) is 5.82 Å². The Morgan fingerprint density at radius 2 is 2.18 bits per heavy atom. The molecule has 3 fully saturated rings. The lowest BCUT2D eigenvalue weighted by atomic mass is 10.2. The zero-order valence-corrected chi connectivity index (χ0v) is 14.8. The maximum Gasteiger partial charge on any atom is 0.341 e. The number of carbonyl (C=O) groups is 1. The van der Waals surface area contributed by atoms with Gasteiger partial charge in [0.1, 0.15) is 17.4 Å². The summed E-state index contributed by atoms with van der Waals surface area (Å²) in [4.78, 5) is 30.0. The van der Waals surface area contributed by atoms with Crippen LogP contribution in [0.3, 0.4) is 0 Å². The second kappa shape index (κ2) is 6.21. The third-order valence-electron chi connectivity index (χ3n) is 5.61. The number of carboxylic acid groups (broad SMARTS) is 1. The summed E-state index contributed by atoms with van der Waals surface area (Å²) in [5.41, 5.74) is -1.25. The van der Waals surface area contributed by atoms with Crippen LogP contribution in [0.1, 0.15) is 22.8 Å². The van der Waals surface area contributed by atoms with E-state index in [1.807, 2.05) is 0 Å². The van der Waals surface area contributed by atoms with E-state index < -0.39 is 35.0 Å². The fourth-order valence-electron chi connectivity index (χ4n) is 4.07. The van der Waals surface area contributed by atoms with E-state index >= 15 is 0 Å². The van der Waals surface area contributed by atoms with Crippen molar-refractivity contribution >= 4 is 22.8 Å². The Balaban J connectivity index is 1.64. The number of fused-ring (bicyclic) bond motifs is 2. The Kier molecular flexibility index (Phi) is 3.88. The minimum atomic E-state index is -1.44. The van der Waals surface area contributed by atoms with Crippen LogP contribution in [-0.4, -0.2) is 65.2 Å². The predicted octanol–water partition coefficient (Wildman–Crippen LogP) is 0.694. The number of ether oxygens (including phenoxy) is 1. The Labute approximate surface area is 157 Å². The third-order valence-corrected chi connectivity index (χ3v) is 5.61. The summed E-state index contributed by atoms with van der Waals surface area (Å²) in [6.07, 6.45) is 0.0907. The molecule has 0 bridgehead atoms.